The van der Waals surface area contributed by atoms with Gasteiger partial charge in [0, 0.05) is 44.6 Å². The Morgan fingerprint density at radius 3 is 2.30 bits per heavy atom. The van der Waals surface area contributed by atoms with Gasteiger partial charge in [0.1, 0.15) is 0 Å². The molecule has 1 aromatic heterocycles. The molecule has 6 heteroatoms. The van der Waals surface area contributed by atoms with E-state index in [2.05, 4.69) is 4.98 Å². The average molecular weight is 285 g/mol. The number of halogens is 1. The zero-order valence-corrected chi connectivity index (χ0v) is 12.3. The van der Waals surface area contributed by atoms with Gasteiger partial charge in [-0.15, -0.1) is 0 Å². The third-order valence-corrected chi connectivity index (χ3v) is 2.89. The third kappa shape index (κ3) is 5.03. The van der Waals surface area contributed by atoms with Gasteiger partial charge in [0.15, 0.2) is 11.6 Å². The van der Waals surface area contributed by atoms with Crippen LogP contribution in [-0.2, 0) is 16.0 Å². The molecule has 1 heterocycles. The van der Waals surface area contributed by atoms with Crippen molar-refractivity contribution in [1.82, 2.24) is 4.98 Å². The molecule has 0 fully saturated rings. The number of nitrogens with zero attached hydrogens (tertiary/aromatic N) is 2. The molecule has 114 valence electrons. The minimum Gasteiger partial charge on any atom is -0.380 e. The van der Waals surface area contributed by atoms with Crippen LogP contribution in [0.3, 0.4) is 0 Å². The Balaban J connectivity index is 2.79. The minimum absolute atomic E-state index is 0.159. The molecule has 0 aliphatic carbocycles. The predicted octanol–water partition coefficient (Wildman–Crippen LogP) is 1.56. The van der Waals surface area contributed by atoms with E-state index >= 15 is 0 Å². The van der Waals surface area contributed by atoms with Crippen LogP contribution in [0.25, 0.3) is 0 Å². The minimum atomic E-state index is -0.358. The van der Waals surface area contributed by atoms with E-state index in [0.29, 0.717) is 50.9 Å². The summed E-state index contributed by atoms with van der Waals surface area (Å²) < 4.78 is 24.9. The fourth-order valence-electron chi connectivity index (χ4n) is 1.81. The summed E-state index contributed by atoms with van der Waals surface area (Å²) in [5.74, 6) is -0.0460. The van der Waals surface area contributed by atoms with Gasteiger partial charge in [-0.1, -0.05) is 0 Å². The summed E-state index contributed by atoms with van der Waals surface area (Å²) in [6, 6.07) is 1.60. The van der Waals surface area contributed by atoms with Crippen molar-refractivity contribution in [2.75, 3.05) is 44.4 Å². The number of anilines is 1. The molecule has 2 N–H and O–H groups in total. The Kier molecular flexibility index (Phi) is 8.10. The molecule has 0 saturated carbocycles. The van der Waals surface area contributed by atoms with Crippen molar-refractivity contribution in [2.24, 2.45) is 5.73 Å². The fourth-order valence-corrected chi connectivity index (χ4v) is 1.81. The molecule has 0 saturated heterocycles. The van der Waals surface area contributed by atoms with Crippen molar-refractivity contribution >= 4 is 5.82 Å². The molecule has 0 spiro atoms. The van der Waals surface area contributed by atoms with E-state index in [0.717, 1.165) is 0 Å². The van der Waals surface area contributed by atoms with Crippen LogP contribution in [0, 0.1) is 5.82 Å². The van der Waals surface area contributed by atoms with Crippen molar-refractivity contribution in [3.63, 3.8) is 0 Å². The molecule has 0 radical (unpaired) electrons. The van der Waals surface area contributed by atoms with E-state index in [1.807, 2.05) is 18.7 Å². The van der Waals surface area contributed by atoms with Gasteiger partial charge >= 0.3 is 0 Å². The molecule has 1 rings (SSSR count). The van der Waals surface area contributed by atoms with Crippen LogP contribution in [0.4, 0.5) is 10.2 Å². The van der Waals surface area contributed by atoms with Gasteiger partial charge in [-0.25, -0.2) is 9.37 Å². The highest BCUT2D eigenvalue weighted by Crippen LogP contribution is 2.19. The number of pyridine rings is 1. The first-order valence-corrected chi connectivity index (χ1v) is 6.98. The van der Waals surface area contributed by atoms with Crippen LogP contribution in [0.5, 0.6) is 0 Å². The van der Waals surface area contributed by atoms with Crippen LogP contribution in [0.1, 0.15) is 19.4 Å². The second kappa shape index (κ2) is 9.63. The largest absolute Gasteiger partial charge is 0.380 e. The predicted molar refractivity (Wildman–Crippen MR) is 77.3 cm³/mol. The van der Waals surface area contributed by atoms with Gasteiger partial charge in [-0.05, 0) is 19.9 Å². The highest BCUT2D eigenvalue weighted by atomic mass is 19.1. The normalized spacial score (nSPS) is 10.8. The topological polar surface area (TPSA) is 60.6 Å². The SMILES string of the molecule is CCOCCN(CCOCC)c1nccc(CN)c1F. The third-order valence-electron chi connectivity index (χ3n) is 2.89. The average Bonchev–Trinajstić information content (AvgIpc) is 2.46. The molecule has 5 nitrogen and oxygen atoms in total. The second-order valence-electron chi connectivity index (χ2n) is 4.19. The van der Waals surface area contributed by atoms with Crippen LogP contribution in [0.2, 0.25) is 0 Å². The van der Waals surface area contributed by atoms with Crippen molar-refractivity contribution in [3.8, 4) is 0 Å². The number of rotatable bonds is 10. The smallest absolute Gasteiger partial charge is 0.170 e. The summed E-state index contributed by atoms with van der Waals surface area (Å²) >= 11 is 0. The number of aromatic nitrogens is 1. The lowest BCUT2D eigenvalue weighted by molar-refractivity contribution is 0.141. The molecule has 20 heavy (non-hydrogen) atoms. The Morgan fingerprint density at radius 2 is 1.80 bits per heavy atom. The monoisotopic (exact) mass is 285 g/mol. The van der Waals surface area contributed by atoms with Gasteiger partial charge < -0.3 is 20.1 Å². The van der Waals surface area contributed by atoms with Gasteiger partial charge in [0.05, 0.1) is 13.2 Å². The lowest BCUT2D eigenvalue weighted by Gasteiger charge is -2.24. The first-order chi connectivity index (χ1) is 9.74. The highest BCUT2D eigenvalue weighted by Gasteiger charge is 2.15. The van der Waals surface area contributed by atoms with Gasteiger partial charge in [0.25, 0.3) is 0 Å². The number of nitrogens with two attached hydrogens (primary N) is 1. The van der Waals surface area contributed by atoms with E-state index in [1.54, 1.807) is 12.3 Å². The molecular weight excluding hydrogens is 261 g/mol. The van der Waals surface area contributed by atoms with Gasteiger partial charge in [-0.3, -0.25) is 0 Å². The number of hydrogen-bond donors (Lipinski definition) is 1. The van der Waals surface area contributed by atoms with Crippen molar-refractivity contribution in [2.45, 2.75) is 20.4 Å². The first-order valence-electron chi connectivity index (χ1n) is 6.98. The maximum Gasteiger partial charge on any atom is 0.170 e. The molecule has 0 aromatic carbocycles. The van der Waals surface area contributed by atoms with Gasteiger partial charge in [-0.2, -0.15) is 0 Å². The molecule has 0 atom stereocenters. The molecule has 0 aliphatic rings. The van der Waals surface area contributed by atoms with Crippen LogP contribution in [-0.4, -0.2) is 44.5 Å². The lowest BCUT2D eigenvalue weighted by Crippen LogP contribution is -2.33. The zero-order chi connectivity index (χ0) is 14.8. The van der Waals surface area contributed by atoms with E-state index in [1.165, 1.54) is 0 Å². The van der Waals surface area contributed by atoms with Gasteiger partial charge in [0.2, 0.25) is 0 Å². The van der Waals surface area contributed by atoms with E-state index in [-0.39, 0.29) is 12.4 Å². The molecule has 0 aliphatic heterocycles. The Morgan fingerprint density at radius 1 is 1.20 bits per heavy atom. The molecule has 1 aromatic rings. The standard InChI is InChI=1S/C14H24FN3O2/c1-3-19-9-7-18(8-10-20-4-2)14-13(15)12(11-16)5-6-17-14/h5-6H,3-4,7-11,16H2,1-2H3. The van der Waals surface area contributed by atoms with Crippen molar-refractivity contribution in [3.05, 3.63) is 23.6 Å². The fraction of sp³-hybridized carbons (Fsp3) is 0.643. The van der Waals surface area contributed by atoms with E-state index in [4.69, 9.17) is 15.2 Å². The van der Waals surface area contributed by atoms with Crippen molar-refractivity contribution < 1.29 is 13.9 Å². The maximum atomic E-state index is 14.3. The molecule has 0 bridgehead atoms. The Labute approximate surface area is 119 Å². The van der Waals surface area contributed by atoms with Crippen LogP contribution < -0.4 is 10.6 Å². The molecular formula is C14H24FN3O2. The number of hydrogen-bond acceptors (Lipinski definition) is 5. The van der Waals surface area contributed by atoms with E-state index in [9.17, 15) is 4.39 Å². The van der Waals surface area contributed by atoms with E-state index < -0.39 is 0 Å². The quantitative estimate of drug-likeness (QED) is 0.661. The highest BCUT2D eigenvalue weighted by molar-refractivity contribution is 5.43. The summed E-state index contributed by atoms with van der Waals surface area (Å²) in [5, 5.41) is 0. The number of ether oxygens (including phenoxy) is 2. The summed E-state index contributed by atoms with van der Waals surface area (Å²) in [5.41, 5.74) is 5.99. The lowest BCUT2D eigenvalue weighted by atomic mass is 10.2. The van der Waals surface area contributed by atoms with Crippen LogP contribution >= 0.6 is 0 Å². The Bertz CT molecular complexity index is 381. The maximum absolute atomic E-state index is 14.3. The summed E-state index contributed by atoms with van der Waals surface area (Å²) in [4.78, 5) is 5.96. The second-order valence-corrected chi connectivity index (χ2v) is 4.19. The Hall–Kier alpha value is -1.24. The summed E-state index contributed by atoms with van der Waals surface area (Å²) in [6.07, 6.45) is 1.58. The van der Waals surface area contributed by atoms with Crippen molar-refractivity contribution in [1.29, 1.82) is 0 Å². The first kappa shape index (κ1) is 16.8. The summed E-state index contributed by atoms with van der Waals surface area (Å²) in [6.45, 7) is 7.48. The zero-order valence-electron chi connectivity index (χ0n) is 12.3. The molecule has 0 unspecified atom stereocenters. The summed E-state index contributed by atoms with van der Waals surface area (Å²) in [7, 11) is 0. The van der Waals surface area contributed by atoms with Crippen LogP contribution in [0.15, 0.2) is 12.3 Å². The molecule has 0 amide bonds.